The second kappa shape index (κ2) is 17.8. The molecule has 0 aromatic carbocycles. The predicted molar refractivity (Wildman–Crippen MR) is 154 cm³/mol. The number of alkyl carbamates (subject to hydrolysis) is 1. The molecule has 1 heterocycles. The van der Waals surface area contributed by atoms with Gasteiger partial charge >= 0.3 is 11.7 Å². The molecule has 0 aliphatic carbocycles. The van der Waals surface area contributed by atoms with Gasteiger partial charge in [0, 0.05) is 18.2 Å². The number of ketones is 1. The summed E-state index contributed by atoms with van der Waals surface area (Å²) in [6, 6.07) is 1.30. The van der Waals surface area contributed by atoms with Crippen LogP contribution in [0, 0.1) is 0 Å². The molecule has 2 atom stereocenters. The van der Waals surface area contributed by atoms with E-state index < -0.39 is 34.9 Å². The number of methoxy groups -OCH3 is 1. The van der Waals surface area contributed by atoms with Crippen LogP contribution in [0.15, 0.2) is 74.7 Å². The molecule has 0 bridgehead atoms. The minimum atomic E-state index is -0.891. The average molecular weight is 542 g/mol. The highest BCUT2D eigenvalue weighted by atomic mass is 16.5. The number of rotatable bonds is 15. The lowest BCUT2D eigenvalue weighted by molar-refractivity contribution is 0.102. The summed E-state index contributed by atoms with van der Waals surface area (Å²) in [4.78, 5) is 36.5. The average Bonchev–Trinajstić information content (AvgIpc) is 2.91. The van der Waals surface area contributed by atoms with Gasteiger partial charge in [0.25, 0.3) is 0 Å². The lowest BCUT2D eigenvalue weighted by Crippen LogP contribution is -2.17. The topological polar surface area (TPSA) is 126 Å². The third kappa shape index (κ3) is 12.2. The van der Waals surface area contributed by atoms with Crippen molar-refractivity contribution in [3.05, 3.63) is 87.2 Å². The largest absolute Gasteiger partial charge is 0.507 e. The maximum atomic E-state index is 12.9. The molecule has 8 heteroatoms. The maximum Gasteiger partial charge on any atom is 0.410 e. The van der Waals surface area contributed by atoms with Crippen molar-refractivity contribution in [2.24, 2.45) is 0 Å². The second-order valence-corrected chi connectivity index (χ2v) is 9.52. The number of amides is 1. The highest BCUT2D eigenvalue weighted by molar-refractivity contribution is 6.09. The van der Waals surface area contributed by atoms with Crippen molar-refractivity contribution in [3.63, 3.8) is 0 Å². The van der Waals surface area contributed by atoms with Crippen molar-refractivity contribution >= 4 is 11.9 Å². The van der Waals surface area contributed by atoms with Crippen molar-refractivity contribution in [3.8, 4) is 5.75 Å². The molecule has 1 aromatic heterocycles. The van der Waals surface area contributed by atoms with E-state index in [0.717, 1.165) is 24.0 Å². The van der Waals surface area contributed by atoms with Crippen LogP contribution in [0.1, 0.15) is 95.2 Å². The number of Topliss-reactive ketones (excluding diaryl/α,β-unsaturated/α-hetero) is 1. The van der Waals surface area contributed by atoms with Gasteiger partial charge in [-0.25, -0.2) is 9.59 Å². The molecule has 0 saturated carbocycles. The number of aliphatic hydroxyl groups excluding tert-OH is 1. The molecule has 0 saturated heterocycles. The Balaban J connectivity index is 2.80. The van der Waals surface area contributed by atoms with E-state index >= 15 is 0 Å². The zero-order chi connectivity index (χ0) is 29.4. The number of ether oxygens (including phenoxy) is 1. The molecule has 0 radical (unpaired) electrons. The molecule has 0 fully saturated rings. The molecule has 39 heavy (non-hydrogen) atoms. The van der Waals surface area contributed by atoms with Gasteiger partial charge in [0.1, 0.15) is 17.1 Å². The quantitative estimate of drug-likeness (QED) is 0.0986. The van der Waals surface area contributed by atoms with Crippen LogP contribution >= 0.6 is 0 Å². The van der Waals surface area contributed by atoms with E-state index in [9.17, 15) is 24.6 Å². The SMILES string of the molecule is CC/C=C/C/C=C(/C)C(O)CC/C(C)=C/C=C(\C)C(=O)c1c(O)cc(C(C)CC/C=C/NC(=O)OC)oc1=O. The standard InChI is InChI=1S/C31H43NO7/c1-7-8-9-10-13-22(3)25(33)18-16-21(2)15-17-24(5)29(35)28-26(34)20-27(39-30(28)36)23(4)14-11-12-19-32-31(37)38-6/h8-9,12-13,15,17,19-20,23,25,33-34H,7,10-11,14,16,18H2,1-6H3,(H,32,37)/b9-8+,19-12+,21-15+,22-13-,24-17+. The zero-order valence-electron chi connectivity index (χ0n) is 24.0. The molecule has 0 aliphatic heterocycles. The van der Waals surface area contributed by atoms with Gasteiger partial charge in [-0.1, -0.05) is 55.9 Å². The maximum absolute atomic E-state index is 12.9. The fourth-order valence-electron chi connectivity index (χ4n) is 3.58. The van der Waals surface area contributed by atoms with Gasteiger partial charge in [-0.05, 0) is 70.4 Å². The number of nitrogens with one attached hydrogen (secondary N) is 1. The minimum absolute atomic E-state index is 0.209. The fourth-order valence-corrected chi connectivity index (χ4v) is 3.58. The Kier molecular flexibility index (Phi) is 15.2. The van der Waals surface area contributed by atoms with Crippen LogP contribution in [-0.4, -0.2) is 35.3 Å². The van der Waals surface area contributed by atoms with Crippen molar-refractivity contribution in [1.82, 2.24) is 5.32 Å². The smallest absolute Gasteiger partial charge is 0.410 e. The van der Waals surface area contributed by atoms with Gasteiger partial charge in [0.15, 0.2) is 5.78 Å². The summed E-state index contributed by atoms with van der Waals surface area (Å²) >= 11 is 0. The monoisotopic (exact) mass is 541 g/mol. The van der Waals surface area contributed by atoms with E-state index in [1.165, 1.54) is 19.4 Å². The Bertz CT molecular complexity index is 1170. The third-order valence-electron chi connectivity index (χ3n) is 6.23. The Morgan fingerprint density at radius 3 is 2.49 bits per heavy atom. The van der Waals surface area contributed by atoms with Crippen molar-refractivity contribution in [1.29, 1.82) is 0 Å². The Morgan fingerprint density at radius 2 is 1.85 bits per heavy atom. The van der Waals surface area contributed by atoms with E-state index in [2.05, 4.69) is 29.1 Å². The van der Waals surface area contributed by atoms with E-state index in [1.807, 2.05) is 26.8 Å². The van der Waals surface area contributed by atoms with E-state index in [0.29, 0.717) is 25.7 Å². The fraction of sp³-hybridized carbons (Fsp3) is 0.452. The lowest BCUT2D eigenvalue weighted by atomic mass is 9.99. The van der Waals surface area contributed by atoms with Crippen LogP contribution in [0.2, 0.25) is 0 Å². The molecule has 3 N–H and O–H groups in total. The summed E-state index contributed by atoms with van der Waals surface area (Å²) in [5, 5.41) is 23.3. The highest BCUT2D eigenvalue weighted by Crippen LogP contribution is 2.26. The summed E-state index contributed by atoms with van der Waals surface area (Å²) in [5.74, 6) is -0.974. The van der Waals surface area contributed by atoms with Gasteiger partial charge < -0.3 is 19.4 Å². The summed E-state index contributed by atoms with van der Waals surface area (Å²) in [6.07, 6.45) is 15.8. The number of hydrogen-bond donors (Lipinski definition) is 3. The molecular formula is C31H43NO7. The molecule has 0 aliphatic rings. The van der Waals surface area contributed by atoms with Crippen LogP contribution in [-0.2, 0) is 4.74 Å². The Morgan fingerprint density at radius 1 is 1.13 bits per heavy atom. The van der Waals surface area contributed by atoms with Crippen LogP contribution in [0.5, 0.6) is 5.75 Å². The first-order valence-electron chi connectivity index (χ1n) is 13.3. The molecule has 1 rings (SSSR count). The molecule has 2 unspecified atom stereocenters. The highest BCUT2D eigenvalue weighted by Gasteiger charge is 2.22. The molecule has 1 aromatic rings. The second-order valence-electron chi connectivity index (χ2n) is 9.52. The lowest BCUT2D eigenvalue weighted by Gasteiger charge is -2.11. The molecular weight excluding hydrogens is 498 g/mol. The normalized spacial score (nSPS) is 14.6. The molecule has 1 amide bonds. The number of carbonyl (C=O) groups excluding carboxylic acids is 2. The zero-order valence-corrected chi connectivity index (χ0v) is 24.0. The summed E-state index contributed by atoms with van der Waals surface area (Å²) in [6.45, 7) is 9.30. The number of carbonyl (C=O) groups is 2. The van der Waals surface area contributed by atoms with Crippen molar-refractivity contribution < 1.29 is 29.0 Å². The predicted octanol–water partition coefficient (Wildman–Crippen LogP) is 6.62. The number of aliphatic hydroxyl groups is 1. The van der Waals surface area contributed by atoms with E-state index in [4.69, 9.17) is 4.42 Å². The van der Waals surface area contributed by atoms with E-state index in [-0.39, 0.29) is 17.3 Å². The number of allylic oxidation sites excluding steroid dienone is 8. The van der Waals surface area contributed by atoms with Crippen LogP contribution in [0.3, 0.4) is 0 Å². The summed E-state index contributed by atoms with van der Waals surface area (Å²) in [7, 11) is 1.27. The molecule has 8 nitrogen and oxygen atoms in total. The van der Waals surface area contributed by atoms with Gasteiger partial charge in [-0.15, -0.1) is 0 Å². The first kappa shape index (κ1) is 33.4. The summed E-state index contributed by atoms with van der Waals surface area (Å²) < 4.78 is 9.82. The van der Waals surface area contributed by atoms with E-state index in [1.54, 1.807) is 25.2 Å². The van der Waals surface area contributed by atoms with Crippen LogP contribution in [0.4, 0.5) is 4.79 Å². The number of hydrogen-bond acceptors (Lipinski definition) is 7. The first-order chi connectivity index (χ1) is 18.5. The van der Waals surface area contributed by atoms with Gasteiger partial charge in [-0.2, -0.15) is 0 Å². The van der Waals surface area contributed by atoms with Crippen molar-refractivity contribution in [2.75, 3.05) is 7.11 Å². The van der Waals surface area contributed by atoms with Crippen molar-refractivity contribution in [2.45, 2.75) is 85.2 Å². The Labute approximate surface area is 231 Å². The Hall–Kier alpha value is -3.65. The number of aromatic hydroxyl groups is 1. The first-order valence-corrected chi connectivity index (χ1v) is 13.3. The van der Waals surface area contributed by atoms with Crippen LogP contribution in [0.25, 0.3) is 0 Å². The third-order valence-corrected chi connectivity index (χ3v) is 6.23. The van der Waals surface area contributed by atoms with Gasteiger partial charge in [0.05, 0.1) is 13.2 Å². The van der Waals surface area contributed by atoms with Gasteiger partial charge in [-0.3, -0.25) is 10.1 Å². The molecule has 214 valence electrons. The van der Waals surface area contributed by atoms with Gasteiger partial charge in [0.2, 0.25) is 0 Å². The minimum Gasteiger partial charge on any atom is -0.507 e. The summed E-state index contributed by atoms with van der Waals surface area (Å²) in [5.41, 5.74) is 0.882. The molecule has 0 spiro atoms. The van der Waals surface area contributed by atoms with Crippen LogP contribution < -0.4 is 10.9 Å².